The van der Waals surface area contributed by atoms with E-state index in [0.717, 1.165) is 21.0 Å². The number of aromatic nitrogens is 1. The molecule has 0 atom stereocenters. The molecule has 1 aromatic heterocycles. The lowest BCUT2D eigenvalue weighted by atomic mass is 10.1. The van der Waals surface area contributed by atoms with E-state index < -0.39 is 0 Å². The van der Waals surface area contributed by atoms with Crippen LogP contribution in [0.25, 0.3) is 10.6 Å². The van der Waals surface area contributed by atoms with Crippen LogP contribution >= 0.6 is 27.3 Å². The molecule has 90 valence electrons. The van der Waals surface area contributed by atoms with Crippen molar-refractivity contribution in [2.75, 3.05) is 7.05 Å². The van der Waals surface area contributed by atoms with Gasteiger partial charge in [-0.25, -0.2) is 4.98 Å². The molecule has 2 rings (SSSR count). The number of benzene rings is 1. The lowest BCUT2D eigenvalue weighted by Gasteiger charge is -2.03. The third kappa shape index (κ3) is 2.76. The Kier molecular flexibility index (Phi) is 3.97. The van der Waals surface area contributed by atoms with E-state index >= 15 is 0 Å². The number of hydrogen-bond acceptors (Lipinski definition) is 3. The van der Waals surface area contributed by atoms with Gasteiger partial charge >= 0.3 is 0 Å². The van der Waals surface area contributed by atoms with Crippen molar-refractivity contribution in [1.29, 1.82) is 0 Å². The van der Waals surface area contributed by atoms with E-state index in [9.17, 15) is 0 Å². The third-order valence-corrected chi connectivity index (χ3v) is 4.48. The summed E-state index contributed by atoms with van der Waals surface area (Å²) >= 11 is 5.27. The highest BCUT2D eigenvalue weighted by molar-refractivity contribution is 9.11. The summed E-state index contributed by atoms with van der Waals surface area (Å²) in [5.74, 6) is 0. The zero-order valence-corrected chi connectivity index (χ0v) is 12.6. The summed E-state index contributed by atoms with van der Waals surface area (Å²) in [7, 11) is 1.93. The normalized spacial score (nSPS) is 10.8. The SMILES string of the molecule is CNCc1nc(-c2cc(C)ccc2C)sc1Br. The molecular weight excluding hydrogens is 296 g/mol. The fraction of sp³-hybridized carbons (Fsp3) is 0.308. The third-order valence-electron chi connectivity index (χ3n) is 2.62. The summed E-state index contributed by atoms with van der Waals surface area (Å²) < 4.78 is 1.11. The molecule has 0 saturated heterocycles. The van der Waals surface area contributed by atoms with Crippen LogP contribution in [-0.2, 0) is 6.54 Å². The Balaban J connectivity index is 2.45. The molecule has 1 N–H and O–H groups in total. The minimum absolute atomic E-state index is 0.794. The van der Waals surface area contributed by atoms with E-state index in [1.165, 1.54) is 16.7 Å². The summed E-state index contributed by atoms with van der Waals surface area (Å²) in [6.45, 7) is 5.03. The first-order chi connectivity index (χ1) is 8.11. The predicted octanol–water partition coefficient (Wildman–Crippen LogP) is 3.91. The number of halogens is 1. The van der Waals surface area contributed by atoms with Gasteiger partial charge in [0, 0.05) is 12.1 Å². The van der Waals surface area contributed by atoms with Gasteiger partial charge in [-0.3, -0.25) is 0 Å². The minimum atomic E-state index is 0.794. The summed E-state index contributed by atoms with van der Waals surface area (Å²) in [4.78, 5) is 4.68. The highest BCUT2D eigenvalue weighted by atomic mass is 79.9. The minimum Gasteiger partial charge on any atom is -0.314 e. The second-order valence-electron chi connectivity index (χ2n) is 4.09. The molecule has 0 bridgehead atoms. The molecule has 0 aliphatic heterocycles. The van der Waals surface area contributed by atoms with Gasteiger partial charge in [-0.05, 0) is 48.5 Å². The number of nitrogens with zero attached hydrogens (tertiary/aromatic N) is 1. The molecule has 0 aliphatic rings. The lowest BCUT2D eigenvalue weighted by Crippen LogP contribution is -2.05. The quantitative estimate of drug-likeness (QED) is 0.929. The first kappa shape index (κ1) is 12.7. The molecule has 17 heavy (non-hydrogen) atoms. The maximum atomic E-state index is 4.68. The van der Waals surface area contributed by atoms with E-state index in [2.05, 4.69) is 58.3 Å². The first-order valence-corrected chi connectivity index (χ1v) is 7.10. The van der Waals surface area contributed by atoms with Crippen LogP contribution in [0.5, 0.6) is 0 Å². The monoisotopic (exact) mass is 310 g/mol. The Morgan fingerprint density at radius 2 is 2.12 bits per heavy atom. The average Bonchev–Trinajstić information content (AvgIpc) is 2.64. The molecule has 0 fully saturated rings. The van der Waals surface area contributed by atoms with Crippen LogP contribution in [-0.4, -0.2) is 12.0 Å². The highest BCUT2D eigenvalue weighted by Gasteiger charge is 2.11. The van der Waals surface area contributed by atoms with Crippen molar-refractivity contribution in [3.8, 4) is 10.6 Å². The molecule has 0 spiro atoms. The summed E-state index contributed by atoms with van der Waals surface area (Å²) in [5, 5.41) is 4.22. The van der Waals surface area contributed by atoms with E-state index in [1.807, 2.05) is 7.05 Å². The average molecular weight is 311 g/mol. The number of nitrogens with one attached hydrogen (secondary N) is 1. The summed E-state index contributed by atoms with van der Waals surface area (Å²) in [6.07, 6.45) is 0. The van der Waals surface area contributed by atoms with Gasteiger partial charge in [0.1, 0.15) is 5.01 Å². The van der Waals surface area contributed by atoms with Gasteiger partial charge in [-0.2, -0.15) is 0 Å². The fourth-order valence-electron chi connectivity index (χ4n) is 1.69. The van der Waals surface area contributed by atoms with E-state index in [4.69, 9.17) is 0 Å². The molecule has 0 amide bonds. The van der Waals surface area contributed by atoms with Crippen molar-refractivity contribution < 1.29 is 0 Å². The van der Waals surface area contributed by atoms with Crippen molar-refractivity contribution in [1.82, 2.24) is 10.3 Å². The van der Waals surface area contributed by atoms with Crippen LogP contribution in [0.2, 0.25) is 0 Å². The van der Waals surface area contributed by atoms with E-state index in [1.54, 1.807) is 11.3 Å². The van der Waals surface area contributed by atoms with Crippen LogP contribution in [0, 0.1) is 13.8 Å². The number of aryl methyl sites for hydroxylation is 2. The van der Waals surface area contributed by atoms with Crippen molar-refractivity contribution >= 4 is 27.3 Å². The zero-order valence-electron chi connectivity index (χ0n) is 10.2. The van der Waals surface area contributed by atoms with Crippen LogP contribution in [0.15, 0.2) is 22.0 Å². The summed E-state index contributed by atoms with van der Waals surface area (Å²) in [5.41, 5.74) is 4.85. The van der Waals surface area contributed by atoms with Crippen LogP contribution in [0.1, 0.15) is 16.8 Å². The number of hydrogen-bond donors (Lipinski definition) is 1. The van der Waals surface area contributed by atoms with Crippen LogP contribution in [0.4, 0.5) is 0 Å². The molecule has 0 saturated carbocycles. The molecule has 1 heterocycles. The second kappa shape index (κ2) is 5.29. The molecule has 2 aromatic rings. The zero-order chi connectivity index (χ0) is 12.4. The van der Waals surface area contributed by atoms with Crippen molar-refractivity contribution in [3.05, 3.63) is 38.8 Å². The Morgan fingerprint density at radius 3 is 2.82 bits per heavy atom. The molecule has 4 heteroatoms. The number of thiazole rings is 1. The smallest absolute Gasteiger partial charge is 0.125 e. The molecule has 0 aliphatic carbocycles. The van der Waals surface area contributed by atoms with Gasteiger partial charge in [0.15, 0.2) is 0 Å². The number of rotatable bonds is 3. The second-order valence-corrected chi connectivity index (χ2v) is 6.41. The van der Waals surface area contributed by atoms with Gasteiger partial charge in [-0.15, -0.1) is 11.3 Å². The Hall–Kier alpha value is -0.710. The standard InChI is InChI=1S/C13H15BrN2S/c1-8-4-5-9(2)10(6-8)13-16-11(7-15-3)12(14)17-13/h4-6,15H,7H2,1-3H3. The molecule has 2 nitrogen and oxygen atoms in total. The van der Waals surface area contributed by atoms with Gasteiger partial charge in [0.25, 0.3) is 0 Å². The summed E-state index contributed by atoms with van der Waals surface area (Å²) in [6, 6.07) is 6.48. The largest absolute Gasteiger partial charge is 0.314 e. The van der Waals surface area contributed by atoms with Crippen molar-refractivity contribution in [2.45, 2.75) is 20.4 Å². The van der Waals surface area contributed by atoms with Gasteiger partial charge in [0.2, 0.25) is 0 Å². The van der Waals surface area contributed by atoms with E-state index in [0.29, 0.717) is 0 Å². The van der Waals surface area contributed by atoms with Crippen molar-refractivity contribution in [2.24, 2.45) is 0 Å². The highest BCUT2D eigenvalue weighted by Crippen LogP contribution is 2.34. The topological polar surface area (TPSA) is 24.9 Å². The van der Waals surface area contributed by atoms with Gasteiger partial charge in [0.05, 0.1) is 9.48 Å². The van der Waals surface area contributed by atoms with Crippen LogP contribution < -0.4 is 5.32 Å². The first-order valence-electron chi connectivity index (χ1n) is 5.49. The van der Waals surface area contributed by atoms with Gasteiger partial charge in [-0.1, -0.05) is 17.7 Å². The van der Waals surface area contributed by atoms with Crippen molar-refractivity contribution in [3.63, 3.8) is 0 Å². The molecular formula is C13H15BrN2S. The maximum absolute atomic E-state index is 4.68. The Morgan fingerprint density at radius 1 is 1.35 bits per heavy atom. The Labute approximate surface area is 114 Å². The van der Waals surface area contributed by atoms with Gasteiger partial charge < -0.3 is 5.32 Å². The molecule has 0 unspecified atom stereocenters. The predicted molar refractivity (Wildman–Crippen MR) is 77.5 cm³/mol. The van der Waals surface area contributed by atoms with E-state index in [-0.39, 0.29) is 0 Å². The lowest BCUT2D eigenvalue weighted by molar-refractivity contribution is 0.795. The molecule has 0 radical (unpaired) electrons. The maximum Gasteiger partial charge on any atom is 0.125 e. The fourth-order valence-corrected chi connectivity index (χ4v) is 3.27. The van der Waals surface area contributed by atoms with Crippen LogP contribution in [0.3, 0.4) is 0 Å². The Bertz CT molecular complexity index is 534. The molecule has 1 aromatic carbocycles.